The summed E-state index contributed by atoms with van der Waals surface area (Å²) in [4.78, 5) is 10.6. The number of aryl methyl sites for hydroxylation is 1. The van der Waals surface area contributed by atoms with Gasteiger partial charge in [-0.25, -0.2) is 0 Å². The van der Waals surface area contributed by atoms with Gasteiger partial charge in [0.25, 0.3) is 5.69 Å². The number of nitrogens with two attached hydrogens (primary N) is 1. The molecular weight excluding hydrogens is 228 g/mol. The molecule has 1 fully saturated rings. The number of rotatable bonds is 5. The van der Waals surface area contributed by atoms with Gasteiger partial charge in [-0.1, -0.05) is 31.0 Å². The van der Waals surface area contributed by atoms with E-state index in [0.717, 1.165) is 12.0 Å². The highest BCUT2D eigenvalue weighted by Gasteiger charge is 2.22. The zero-order chi connectivity index (χ0) is 13.0. The minimum Gasteiger partial charge on any atom is -0.327 e. The van der Waals surface area contributed by atoms with Crippen LogP contribution in [0.15, 0.2) is 24.3 Å². The fraction of sp³-hybridized carbons (Fsp3) is 0.571. The molecule has 98 valence electrons. The molecule has 18 heavy (non-hydrogen) atoms. The lowest BCUT2D eigenvalue weighted by Crippen LogP contribution is -2.28. The van der Waals surface area contributed by atoms with Crippen molar-refractivity contribution in [3.63, 3.8) is 0 Å². The predicted octanol–water partition coefficient (Wildman–Crippen LogP) is 3.04. The first kappa shape index (κ1) is 13.0. The number of hydrogen-bond donors (Lipinski definition) is 1. The zero-order valence-corrected chi connectivity index (χ0v) is 10.5. The summed E-state index contributed by atoms with van der Waals surface area (Å²) in [5, 5.41) is 10.9. The first-order valence-electron chi connectivity index (χ1n) is 6.66. The van der Waals surface area contributed by atoms with Crippen molar-refractivity contribution in [2.45, 2.75) is 44.6 Å². The van der Waals surface area contributed by atoms with E-state index in [4.69, 9.17) is 5.73 Å². The molecule has 4 nitrogen and oxygen atoms in total. The summed E-state index contributed by atoms with van der Waals surface area (Å²) in [5.41, 5.74) is 7.20. The topological polar surface area (TPSA) is 69.2 Å². The van der Waals surface area contributed by atoms with Crippen LogP contribution in [0.3, 0.4) is 0 Å². The Hall–Kier alpha value is -1.42. The standard InChI is InChI=1S/C14H20N2O2/c15-13(11-5-1-2-6-11)10-9-12-7-3-4-8-14(12)16(17)18/h3-4,7-8,11,13H,1-2,5-6,9-10,15H2. The molecular formula is C14H20N2O2. The van der Waals surface area contributed by atoms with E-state index in [1.165, 1.54) is 25.7 Å². The monoisotopic (exact) mass is 248 g/mol. The molecule has 0 radical (unpaired) electrons. The van der Waals surface area contributed by atoms with Gasteiger partial charge in [-0.15, -0.1) is 0 Å². The lowest BCUT2D eigenvalue weighted by atomic mass is 9.93. The summed E-state index contributed by atoms with van der Waals surface area (Å²) in [6.07, 6.45) is 6.55. The Morgan fingerprint density at radius 3 is 2.67 bits per heavy atom. The maximum Gasteiger partial charge on any atom is 0.272 e. The molecule has 1 aliphatic carbocycles. The molecule has 0 bridgehead atoms. The van der Waals surface area contributed by atoms with Crippen molar-refractivity contribution in [3.8, 4) is 0 Å². The molecule has 2 N–H and O–H groups in total. The van der Waals surface area contributed by atoms with Crippen molar-refractivity contribution >= 4 is 5.69 Å². The van der Waals surface area contributed by atoms with Gasteiger partial charge in [-0.2, -0.15) is 0 Å². The average molecular weight is 248 g/mol. The molecule has 1 saturated carbocycles. The number of hydrogen-bond acceptors (Lipinski definition) is 3. The SMILES string of the molecule is NC(CCc1ccccc1[N+](=O)[O-])C1CCCC1. The van der Waals surface area contributed by atoms with Gasteiger partial charge in [-0.3, -0.25) is 10.1 Å². The third-order valence-electron chi connectivity index (χ3n) is 3.94. The molecule has 0 spiro atoms. The van der Waals surface area contributed by atoms with E-state index in [9.17, 15) is 10.1 Å². The fourth-order valence-electron chi connectivity index (χ4n) is 2.84. The van der Waals surface area contributed by atoms with Crippen LogP contribution in [0.1, 0.15) is 37.7 Å². The predicted molar refractivity (Wildman–Crippen MR) is 71.4 cm³/mol. The van der Waals surface area contributed by atoms with E-state index in [-0.39, 0.29) is 16.7 Å². The quantitative estimate of drug-likeness (QED) is 0.643. The molecule has 1 atom stereocenters. The first-order chi connectivity index (χ1) is 8.68. The summed E-state index contributed by atoms with van der Waals surface area (Å²) < 4.78 is 0. The number of benzene rings is 1. The van der Waals surface area contributed by atoms with Gasteiger partial charge < -0.3 is 5.73 Å². The van der Waals surface area contributed by atoms with E-state index >= 15 is 0 Å². The lowest BCUT2D eigenvalue weighted by molar-refractivity contribution is -0.385. The molecule has 0 saturated heterocycles. The van der Waals surface area contributed by atoms with Crippen LogP contribution in [-0.2, 0) is 6.42 Å². The molecule has 0 aliphatic heterocycles. The van der Waals surface area contributed by atoms with Gasteiger partial charge >= 0.3 is 0 Å². The smallest absolute Gasteiger partial charge is 0.272 e. The van der Waals surface area contributed by atoms with Gasteiger partial charge in [0.1, 0.15) is 0 Å². The highest BCUT2D eigenvalue weighted by atomic mass is 16.6. The Kier molecular flexibility index (Phi) is 4.31. The van der Waals surface area contributed by atoms with Crippen molar-refractivity contribution in [1.29, 1.82) is 0 Å². The van der Waals surface area contributed by atoms with Crippen molar-refractivity contribution in [2.75, 3.05) is 0 Å². The molecule has 2 rings (SSSR count). The first-order valence-corrected chi connectivity index (χ1v) is 6.66. The molecule has 0 heterocycles. The van der Waals surface area contributed by atoms with Crippen LogP contribution in [0.25, 0.3) is 0 Å². The van der Waals surface area contributed by atoms with E-state index in [1.807, 2.05) is 12.1 Å². The fourth-order valence-corrected chi connectivity index (χ4v) is 2.84. The van der Waals surface area contributed by atoms with Crippen LogP contribution in [0, 0.1) is 16.0 Å². The largest absolute Gasteiger partial charge is 0.327 e. The maximum atomic E-state index is 10.9. The highest BCUT2D eigenvalue weighted by Crippen LogP contribution is 2.29. The molecule has 1 aromatic carbocycles. The Bertz CT molecular complexity index is 414. The summed E-state index contributed by atoms with van der Waals surface area (Å²) >= 11 is 0. The van der Waals surface area contributed by atoms with Crippen LogP contribution in [0.2, 0.25) is 0 Å². The van der Waals surface area contributed by atoms with Crippen LogP contribution < -0.4 is 5.73 Å². The van der Waals surface area contributed by atoms with E-state index < -0.39 is 0 Å². The third-order valence-corrected chi connectivity index (χ3v) is 3.94. The van der Waals surface area contributed by atoms with E-state index in [1.54, 1.807) is 12.1 Å². The number of nitro benzene ring substituents is 1. The Morgan fingerprint density at radius 2 is 2.00 bits per heavy atom. The van der Waals surface area contributed by atoms with Crippen LogP contribution in [0.4, 0.5) is 5.69 Å². The Morgan fingerprint density at radius 1 is 1.33 bits per heavy atom. The second-order valence-corrected chi connectivity index (χ2v) is 5.13. The summed E-state index contributed by atoms with van der Waals surface area (Å²) in [6.45, 7) is 0. The van der Waals surface area contributed by atoms with Gasteiger partial charge in [0.15, 0.2) is 0 Å². The van der Waals surface area contributed by atoms with Crippen molar-refractivity contribution in [1.82, 2.24) is 0 Å². The van der Waals surface area contributed by atoms with Crippen molar-refractivity contribution < 1.29 is 4.92 Å². The molecule has 4 heteroatoms. The van der Waals surface area contributed by atoms with Crippen molar-refractivity contribution in [3.05, 3.63) is 39.9 Å². The van der Waals surface area contributed by atoms with Gasteiger partial charge in [0.2, 0.25) is 0 Å². The second kappa shape index (κ2) is 5.96. The summed E-state index contributed by atoms with van der Waals surface area (Å²) in [5.74, 6) is 0.618. The lowest BCUT2D eigenvalue weighted by Gasteiger charge is -2.18. The maximum absolute atomic E-state index is 10.9. The number of para-hydroxylation sites is 1. The molecule has 0 aromatic heterocycles. The van der Waals surface area contributed by atoms with Gasteiger partial charge in [-0.05, 0) is 31.6 Å². The molecule has 1 aromatic rings. The minimum atomic E-state index is -0.309. The normalized spacial score (nSPS) is 17.8. The average Bonchev–Trinajstić information content (AvgIpc) is 2.90. The summed E-state index contributed by atoms with van der Waals surface area (Å²) in [6, 6.07) is 7.14. The van der Waals surface area contributed by atoms with Crippen molar-refractivity contribution in [2.24, 2.45) is 11.7 Å². The Labute approximate surface area is 107 Å². The second-order valence-electron chi connectivity index (χ2n) is 5.13. The number of nitrogens with zero attached hydrogens (tertiary/aromatic N) is 1. The molecule has 1 aliphatic rings. The van der Waals surface area contributed by atoms with Crippen LogP contribution in [-0.4, -0.2) is 11.0 Å². The number of nitro groups is 1. The Balaban J connectivity index is 1.95. The van der Waals surface area contributed by atoms with Crippen LogP contribution in [0.5, 0.6) is 0 Å². The van der Waals surface area contributed by atoms with E-state index in [0.29, 0.717) is 12.3 Å². The van der Waals surface area contributed by atoms with Gasteiger partial charge in [0, 0.05) is 17.7 Å². The van der Waals surface area contributed by atoms with E-state index in [2.05, 4.69) is 0 Å². The minimum absolute atomic E-state index is 0.187. The molecule has 0 amide bonds. The molecule has 1 unspecified atom stereocenters. The third kappa shape index (κ3) is 3.07. The van der Waals surface area contributed by atoms with Gasteiger partial charge in [0.05, 0.1) is 4.92 Å². The van der Waals surface area contributed by atoms with Crippen LogP contribution >= 0.6 is 0 Å². The zero-order valence-electron chi connectivity index (χ0n) is 10.5. The highest BCUT2D eigenvalue weighted by molar-refractivity contribution is 5.39. The summed E-state index contributed by atoms with van der Waals surface area (Å²) in [7, 11) is 0.